The van der Waals surface area contributed by atoms with Crippen molar-refractivity contribution in [2.75, 3.05) is 13.7 Å². The lowest BCUT2D eigenvalue weighted by Gasteiger charge is -2.21. The highest BCUT2D eigenvalue weighted by atomic mass is 35.5. The quantitative estimate of drug-likeness (QED) is 0.613. The fourth-order valence-corrected chi connectivity index (χ4v) is 3.77. The summed E-state index contributed by atoms with van der Waals surface area (Å²) in [7, 11) is -2.18. The van der Waals surface area contributed by atoms with Gasteiger partial charge in [-0.2, -0.15) is 0 Å². The standard InChI is InChI=1S/C16H27N3O4S.ClH/c1-16(2,3)19-24(21,22)14-8-6-5-7-12(14)11-18-15(20)9-13(10-17)23-4;/h5-8,13,19H,9-11,17H2,1-4H3,(H,18,20);1H. The number of hydrogen-bond donors (Lipinski definition) is 3. The number of carbonyl (C=O) groups is 1. The second-order valence-electron chi connectivity index (χ2n) is 6.54. The van der Waals surface area contributed by atoms with Gasteiger partial charge in [-0.3, -0.25) is 4.79 Å². The van der Waals surface area contributed by atoms with Crippen LogP contribution in [0.5, 0.6) is 0 Å². The number of sulfonamides is 1. The Morgan fingerprint density at radius 1 is 1.28 bits per heavy atom. The molecule has 4 N–H and O–H groups in total. The first-order valence-corrected chi connectivity index (χ1v) is 9.19. The van der Waals surface area contributed by atoms with E-state index in [1.165, 1.54) is 13.2 Å². The maximum atomic E-state index is 12.5. The van der Waals surface area contributed by atoms with Crippen LogP contribution in [0.15, 0.2) is 29.2 Å². The average molecular weight is 394 g/mol. The van der Waals surface area contributed by atoms with Crippen molar-refractivity contribution < 1.29 is 17.9 Å². The number of rotatable bonds is 8. The second kappa shape index (κ2) is 10.1. The molecule has 9 heteroatoms. The largest absolute Gasteiger partial charge is 0.380 e. The molecule has 1 rings (SSSR count). The SMILES string of the molecule is COC(CN)CC(=O)NCc1ccccc1S(=O)(=O)NC(C)(C)C.Cl. The maximum Gasteiger partial charge on any atom is 0.241 e. The molecule has 0 aliphatic rings. The number of carbonyl (C=O) groups excluding carboxylic acids is 1. The third-order valence-electron chi connectivity index (χ3n) is 3.19. The zero-order valence-electron chi connectivity index (χ0n) is 15.0. The van der Waals surface area contributed by atoms with Gasteiger partial charge in [0.05, 0.1) is 17.4 Å². The minimum absolute atomic E-state index is 0. The van der Waals surface area contributed by atoms with Crippen molar-refractivity contribution in [3.05, 3.63) is 29.8 Å². The van der Waals surface area contributed by atoms with E-state index in [-0.39, 0.29) is 48.8 Å². The van der Waals surface area contributed by atoms with E-state index in [9.17, 15) is 13.2 Å². The molecule has 0 aromatic heterocycles. The predicted octanol–water partition coefficient (Wildman–Crippen LogP) is 1.17. The number of ether oxygens (including phenoxy) is 1. The first kappa shape index (κ1) is 23.8. The highest BCUT2D eigenvalue weighted by Gasteiger charge is 2.24. The minimum atomic E-state index is -3.67. The number of halogens is 1. The van der Waals surface area contributed by atoms with Crippen molar-refractivity contribution in [3.63, 3.8) is 0 Å². The normalized spacial score (nSPS) is 13.0. The van der Waals surface area contributed by atoms with E-state index in [1.54, 1.807) is 39.0 Å². The second-order valence-corrected chi connectivity index (χ2v) is 8.19. The van der Waals surface area contributed by atoms with Gasteiger partial charge in [0, 0.05) is 25.7 Å². The molecular formula is C16H28ClN3O4S. The molecule has 1 unspecified atom stereocenters. The summed E-state index contributed by atoms with van der Waals surface area (Å²) in [6, 6.07) is 6.58. The summed E-state index contributed by atoms with van der Waals surface area (Å²) in [5.74, 6) is -0.247. The first-order valence-electron chi connectivity index (χ1n) is 7.70. The topological polar surface area (TPSA) is 111 Å². The number of benzene rings is 1. The van der Waals surface area contributed by atoms with Crippen LogP contribution in [0.1, 0.15) is 32.8 Å². The monoisotopic (exact) mass is 393 g/mol. The van der Waals surface area contributed by atoms with Crippen LogP contribution in [0.2, 0.25) is 0 Å². The molecule has 1 aromatic rings. The third kappa shape index (κ3) is 8.15. The van der Waals surface area contributed by atoms with Gasteiger partial charge in [0.25, 0.3) is 0 Å². The number of nitrogens with one attached hydrogen (secondary N) is 2. The van der Waals surface area contributed by atoms with Crippen molar-refractivity contribution in [3.8, 4) is 0 Å². The number of methoxy groups -OCH3 is 1. The lowest BCUT2D eigenvalue weighted by molar-refractivity contribution is -0.123. The zero-order valence-corrected chi connectivity index (χ0v) is 16.7. The van der Waals surface area contributed by atoms with Crippen LogP contribution in [0.25, 0.3) is 0 Å². The summed E-state index contributed by atoms with van der Waals surface area (Å²) in [6.07, 6.45) is -0.228. The van der Waals surface area contributed by atoms with Gasteiger partial charge in [-0.05, 0) is 32.4 Å². The molecule has 0 saturated heterocycles. The van der Waals surface area contributed by atoms with Gasteiger partial charge in [-0.1, -0.05) is 18.2 Å². The minimum Gasteiger partial charge on any atom is -0.380 e. The molecular weight excluding hydrogens is 366 g/mol. The van der Waals surface area contributed by atoms with Gasteiger partial charge in [0.15, 0.2) is 0 Å². The molecule has 0 heterocycles. The Morgan fingerprint density at radius 2 is 1.88 bits per heavy atom. The summed E-state index contributed by atoms with van der Waals surface area (Å²) in [5, 5.41) is 2.71. The summed E-state index contributed by atoms with van der Waals surface area (Å²) in [4.78, 5) is 12.1. The number of nitrogens with two attached hydrogens (primary N) is 1. The molecule has 1 amide bonds. The molecule has 0 spiro atoms. The van der Waals surface area contributed by atoms with Gasteiger partial charge >= 0.3 is 0 Å². The molecule has 0 fully saturated rings. The number of hydrogen-bond acceptors (Lipinski definition) is 5. The van der Waals surface area contributed by atoms with Crippen LogP contribution in [-0.2, 0) is 26.1 Å². The Morgan fingerprint density at radius 3 is 2.40 bits per heavy atom. The van der Waals surface area contributed by atoms with E-state index in [1.807, 2.05) is 0 Å². The van der Waals surface area contributed by atoms with Crippen LogP contribution < -0.4 is 15.8 Å². The van der Waals surface area contributed by atoms with Gasteiger partial charge in [-0.25, -0.2) is 13.1 Å². The molecule has 0 bridgehead atoms. The molecule has 1 atom stereocenters. The van der Waals surface area contributed by atoms with Crippen LogP contribution in [0, 0.1) is 0 Å². The third-order valence-corrected chi connectivity index (χ3v) is 5.05. The highest BCUT2D eigenvalue weighted by molar-refractivity contribution is 7.89. The highest BCUT2D eigenvalue weighted by Crippen LogP contribution is 2.17. The Labute approximate surface area is 156 Å². The van der Waals surface area contributed by atoms with Crippen molar-refractivity contribution in [1.29, 1.82) is 0 Å². The smallest absolute Gasteiger partial charge is 0.241 e. The van der Waals surface area contributed by atoms with Crippen molar-refractivity contribution in [2.45, 2.75) is 50.3 Å². The Bertz CT molecular complexity index is 656. The molecule has 0 aliphatic heterocycles. The van der Waals surface area contributed by atoms with Crippen molar-refractivity contribution >= 4 is 28.3 Å². The molecule has 0 aliphatic carbocycles. The van der Waals surface area contributed by atoms with E-state index < -0.39 is 15.6 Å². The summed E-state index contributed by atoms with van der Waals surface area (Å²) in [6.45, 7) is 5.66. The van der Waals surface area contributed by atoms with Crippen molar-refractivity contribution in [2.24, 2.45) is 5.73 Å². The fraction of sp³-hybridized carbons (Fsp3) is 0.562. The molecule has 0 saturated carbocycles. The lowest BCUT2D eigenvalue weighted by Crippen LogP contribution is -2.41. The molecule has 1 aromatic carbocycles. The van der Waals surface area contributed by atoms with Gasteiger partial charge in [0.2, 0.25) is 15.9 Å². The maximum absolute atomic E-state index is 12.5. The number of amides is 1. The van der Waals surface area contributed by atoms with Gasteiger partial charge in [0.1, 0.15) is 0 Å². The van der Waals surface area contributed by atoms with E-state index >= 15 is 0 Å². The molecule has 0 radical (unpaired) electrons. The molecule has 25 heavy (non-hydrogen) atoms. The zero-order chi connectivity index (χ0) is 18.4. The summed E-state index contributed by atoms with van der Waals surface area (Å²) in [5.41, 5.74) is 5.41. The van der Waals surface area contributed by atoms with Gasteiger partial charge in [-0.15, -0.1) is 12.4 Å². The molecule has 144 valence electrons. The van der Waals surface area contributed by atoms with E-state index in [0.29, 0.717) is 5.56 Å². The summed E-state index contributed by atoms with van der Waals surface area (Å²) >= 11 is 0. The van der Waals surface area contributed by atoms with E-state index in [0.717, 1.165) is 0 Å². The predicted molar refractivity (Wildman–Crippen MR) is 100 cm³/mol. The molecule has 7 nitrogen and oxygen atoms in total. The Kier molecular flexibility index (Phi) is 9.60. The average Bonchev–Trinajstić information content (AvgIpc) is 2.48. The van der Waals surface area contributed by atoms with E-state index in [4.69, 9.17) is 10.5 Å². The summed E-state index contributed by atoms with van der Waals surface area (Å²) < 4.78 is 32.7. The fourth-order valence-electron chi connectivity index (χ4n) is 2.11. The Hall–Kier alpha value is -1.19. The van der Waals surface area contributed by atoms with Crippen LogP contribution in [0.3, 0.4) is 0 Å². The van der Waals surface area contributed by atoms with Crippen molar-refractivity contribution in [1.82, 2.24) is 10.0 Å². The van der Waals surface area contributed by atoms with E-state index in [2.05, 4.69) is 10.0 Å². The van der Waals surface area contributed by atoms with Crippen LogP contribution in [0.4, 0.5) is 0 Å². The van der Waals surface area contributed by atoms with Crippen LogP contribution in [-0.4, -0.2) is 39.6 Å². The lowest BCUT2D eigenvalue weighted by atomic mass is 10.1. The first-order chi connectivity index (χ1) is 11.1. The Balaban J connectivity index is 0.00000576. The van der Waals surface area contributed by atoms with Crippen LogP contribution >= 0.6 is 12.4 Å². The van der Waals surface area contributed by atoms with Gasteiger partial charge < -0.3 is 15.8 Å².